The van der Waals surface area contributed by atoms with Crippen LogP contribution in [0, 0.1) is 0 Å². The van der Waals surface area contributed by atoms with E-state index in [4.69, 9.17) is 10.5 Å². The van der Waals surface area contributed by atoms with Crippen LogP contribution >= 0.6 is 0 Å². The largest absolute Gasteiger partial charge is 0.444 e. The first-order valence-electron chi connectivity index (χ1n) is 4.56. The zero-order chi connectivity index (χ0) is 12.0. The second-order valence-corrected chi connectivity index (χ2v) is 3.03. The number of rotatable bonds is 4. The van der Waals surface area contributed by atoms with Gasteiger partial charge in [0.2, 0.25) is 0 Å². The predicted octanol–water partition coefficient (Wildman–Crippen LogP) is 0.912. The van der Waals surface area contributed by atoms with E-state index in [1.165, 1.54) is 0 Å². The molecule has 0 aromatic heterocycles. The van der Waals surface area contributed by atoms with Crippen LogP contribution in [-0.4, -0.2) is 12.0 Å². The lowest BCUT2D eigenvalue weighted by molar-refractivity contribution is -0.114. The highest BCUT2D eigenvalue weighted by molar-refractivity contribution is 5.94. The number of nitrogens with one attached hydrogen (secondary N) is 1. The van der Waals surface area contributed by atoms with Crippen LogP contribution in [0.5, 0.6) is 0 Å². The van der Waals surface area contributed by atoms with Gasteiger partial charge in [0.05, 0.1) is 0 Å². The second kappa shape index (κ2) is 5.55. The number of alkyl carbamates (subject to hydrolysis) is 1. The number of primary amides is 1. The minimum atomic E-state index is -0.795. The molecule has 0 atom stereocenters. The molecule has 5 heteroatoms. The molecule has 0 bridgehead atoms. The van der Waals surface area contributed by atoms with Crippen molar-refractivity contribution >= 4 is 12.0 Å². The van der Waals surface area contributed by atoms with E-state index >= 15 is 0 Å². The van der Waals surface area contributed by atoms with Crippen LogP contribution in [0.3, 0.4) is 0 Å². The van der Waals surface area contributed by atoms with E-state index in [0.717, 1.165) is 5.56 Å². The molecule has 0 heterocycles. The standard InChI is InChI=1S/C11H12N2O3/c1-8(10(12)14)13-11(15)16-7-9-5-3-2-4-6-9/h2-6H,1,7H2,(H2,12,14)(H,13,15). The summed E-state index contributed by atoms with van der Waals surface area (Å²) in [5, 5.41) is 2.12. The molecular formula is C11H12N2O3. The molecule has 1 aromatic rings. The van der Waals surface area contributed by atoms with Gasteiger partial charge < -0.3 is 10.5 Å². The number of hydrogen-bond acceptors (Lipinski definition) is 3. The average molecular weight is 220 g/mol. The molecule has 2 amide bonds. The second-order valence-electron chi connectivity index (χ2n) is 3.03. The fourth-order valence-corrected chi connectivity index (χ4v) is 0.944. The summed E-state index contributed by atoms with van der Waals surface area (Å²) in [4.78, 5) is 21.7. The molecule has 0 unspecified atom stereocenters. The molecule has 3 N–H and O–H groups in total. The van der Waals surface area contributed by atoms with E-state index in [0.29, 0.717) is 0 Å². The van der Waals surface area contributed by atoms with Crippen molar-refractivity contribution in [1.29, 1.82) is 0 Å². The lowest BCUT2D eigenvalue weighted by Gasteiger charge is -2.06. The van der Waals surface area contributed by atoms with Gasteiger partial charge in [-0.15, -0.1) is 0 Å². The van der Waals surface area contributed by atoms with Crippen molar-refractivity contribution in [2.75, 3.05) is 0 Å². The predicted molar refractivity (Wildman–Crippen MR) is 58.1 cm³/mol. The summed E-state index contributed by atoms with van der Waals surface area (Å²) < 4.78 is 4.83. The first kappa shape index (κ1) is 11.8. The first-order chi connectivity index (χ1) is 7.59. The maximum absolute atomic E-state index is 11.1. The Hall–Kier alpha value is -2.30. The summed E-state index contributed by atoms with van der Waals surface area (Å²) >= 11 is 0. The third kappa shape index (κ3) is 3.83. The molecule has 5 nitrogen and oxygen atoms in total. The Kier molecular flexibility index (Phi) is 4.08. The van der Waals surface area contributed by atoms with Crippen LogP contribution in [0.4, 0.5) is 4.79 Å². The van der Waals surface area contributed by atoms with Crippen molar-refractivity contribution < 1.29 is 14.3 Å². The third-order valence-electron chi connectivity index (χ3n) is 1.76. The Morgan fingerprint density at radius 2 is 1.94 bits per heavy atom. The molecule has 1 rings (SSSR count). The normalized spacial score (nSPS) is 9.25. The molecule has 0 spiro atoms. The van der Waals surface area contributed by atoms with Gasteiger partial charge in [-0.2, -0.15) is 0 Å². The van der Waals surface area contributed by atoms with Gasteiger partial charge in [0, 0.05) is 0 Å². The summed E-state index contributed by atoms with van der Waals surface area (Å²) in [6, 6.07) is 9.16. The zero-order valence-corrected chi connectivity index (χ0v) is 8.60. The van der Waals surface area contributed by atoms with Gasteiger partial charge in [0.25, 0.3) is 5.91 Å². The fourth-order valence-electron chi connectivity index (χ4n) is 0.944. The maximum atomic E-state index is 11.1. The summed E-state index contributed by atoms with van der Waals surface area (Å²) in [7, 11) is 0. The fraction of sp³-hybridized carbons (Fsp3) is 0.0909. The number of hydrogen-bond donors (Lipinski definition) is 2. The number of carbonyl (C=O) groups is 2. The molecule has 0 aliphatic carbocycles. The SMILES string of the molecule is C=C(NC(=O)OCc1ccccc1)C(N)=O. The topological polar surface area (TPSA) is 81.4 Å². The minimum Gasteiger partial charge on any atom is -0.444 e. The molecule has 1 aromatic carbocycles. The first-order valence-corrected chi connectivity index (χ1v) is 4.56. The molecule has 0 fully saturated rings. The number of amides is 2. The number of benzene rings is 1. The van der Waals surface area contributed by atoms with Crippen molar-refractivity contribution in [3.8, 4) is 0 Å². The van der Waals surface area contributed by atoms with E-state index in [9.17, 15) is 9.59 Å². The lowest BCUT2D eigenvalue weighted by atomic mass is 10.2. The van der Waals surface area contributed by atoms with Crippen LogP contribution in [-0.2, 0) is 16.1 Å². The van der Waals surface area contributed by atoms with Gasteiger partial charge >= 0.3 is 6.09 Å². The number of ether oxygens (including phenoxy) is 1. The van der Waals surface area contributed by atoms with Crippen LogP contribution in [0.25, 0.3) is 0 Å². The molecule has 16 heavy (non-hydrogen) atoms. The smallest absolute Gasteiger partial charge is 0.412 e. The highest BCUT2D eigenvalue weighted by atomic mass is 16.5. The van der Waals surface area contributed by atoms with Crippen LogP contribution in [0.1, 0.15) is 5.56 Å². The summed E-state index contributed by atoms with van der Waals surface area (Å²) in [6.07, 6.45) is -0.757. The molecule has 0 aliphatic heterocycles. The van der Waals surface area contributed by atoms with E-state index < -0.39 is 12.0 Å². The van der Waals surface area contributed by atoms with E-state index in [1.807, 2.05) is 30.3 Å². The van der Waals surface area contributed by atoms with Crippen molar-refractivity contribution in [1.82, 2.24) is 5.32 Å². The van der Waals surface area contributed by atoms with Crippen molar-refractivity contribution in [3.63, 3.8) is 0 Å². The minimum absolute atomic E-state index is 0.124. The lowest BCUT2D eigenvalue weighted by Crippen LogP contribution is -2.30. The van der Waals surface area contributed by atoms with Crippen molar-refractivity contribution in [2.24, 2.45) is 5.73 Å². The van der Waals surface area contributed by atoms with E-state index in [1.54, 1.807) is 0 Å². The zero-order valence-electron chi connectivity index (χ0n) is 8.60. The monoisotopic (exact) mass is 220 g/mol. The van der Waals surface area contributed by atoms with Gasteiger partial charge in [0.15, 0.2) is 0 Å². The van der Waals surface area contributed by atoms with Gasteiger partial charge in [-0.05, 0) is 5.56 Å². The number of carbonyl (C=O) groups excluding carboxylic acids is 2. The Morgan fingerprint density at radius 1 is 1.31 bits per heavy atom. The quantitative estimate of drug-likeness (QED) is 0.740. The van der Waals surface area contributed by atoms with Crippen LogP contribution in [0.15, 0.2) is 42.6 Å². The van der Waals surface area contributed by atoms with Gasteiger partial charge in [-0.25, -0.2) is 4.79 Å². The van der Waals surface area contributed by atoms with Crippen molar-refractivity contribution in [2.45, 2.75) is 6.61 Å². The van der Waals surface area contributed by atoms with Crippen LogP contribution < -0.4 is 11.1 Å². The Morgan fingerprint density at radius 3 is 2.50 bits per heavy atom. The Labute approximate surface area is 92.9 Å². The summed E-state index contributed by atoms with van der Waals surface area (Å²) in [5.41, 5.74) is 5.54. The Balaban J connectivity index is 2.36. The van der Waals surface area contributed by atoms with E-state index in [2.05, 4.69) is 11.9 Å². The molecule has 0 radical (unpaired) electrons. The van der Waals surface area contributed by atoms with Crippen molar-refractivity contribution in [3.05, 3.63) is 48.2 Å². The van der Waals surface area contributed by atoms with Gasteiger partial charge in [0.1, 0.15) is 12.3 Å². The molecule has 0 aliphatic rings. The molecule has 0 saturated carbocycles. The average Bonchev–Trinajstić information content (AvgIpc) is 2.27. The van der Waals surface area contributed by atoms with Gasteiger partial charge in [-0.1, -0.05) is 36.9 Å². The van der Waals surface area contributed by atoms with E-state index in [-0.39, 0.29) is 12.3 Å². The summed E-state index contributed by atoms with van der Waals surface area (Å²) in [6.45, 7) is 3.39. The van der Waals surface area contributed by atoms with Crippen LogP contribution in [0.2, 0.25) is 0 Å². The highest BCUT2D eigenvalue weighted by Crippen LogP contribution is 2.00. The number of nitrogens with two attached hydrogens (primary N) is 1. The molecular weight excluding hydrogens is 208 g/mol. The van der Waals surface area contributed by atoms with Gasteiger partial charge in [-0.3, -0.25) is 10.1 Å². The highest BCUT2D eigenvalue weighted by Gasteiger charge is 2.07. The Bertz CT molecular complexity index is 401. The maximum Gasteiger partial charge on any atom is 0.412 e. The summed E-state index contributed by atoms with van der Waals surface area (Å²) in [5.74, 6) is -0.795. The molecule has 84 valence electrons. The third-order valence-corrected chi connectivity index (χ3v) is 1.76. The molecule has 0 saturated heterocycles.